The fourth-order valence-corrected chi connectivity index (χ4v) is 2.99. The standard InChI is InChI=1S/C16H20ClF3N4O2/c17-12-4-2-1-3-11(12)13-9-21-6-8-24(13)7-5-14(25)23-15(26)22-10-16(18,19)20/h1-4,13,21H,5-10H2,(H2,22,23,25,26). The number of hydrogen-bond acceptors (Lipinski definition) is 4. The number of rotatable bonds is 5. The third kappa shape index (κ3) is 6.47. The number of nitrogens with zero attached hydrogens (tertiary/aromatic N) is 1. The van der Waals surface area contributed by atoms with Gasteiger partial charge in [0.15, 0.2) is 0 Å². The molecule has 0 aliphatic carbocycles. The molecule has 1 aliphatic rings. The highest BCUT2D eigenvalue weighted by atomic mass is 35.5. The zero-order valence-electron chi connectivity index (χ0n) is 13.9. The molecule has 0 aromatic heterocycles. The monoisotopic (exact) mass is 392 g/mol. The van der Waals surface area contributed by atoms with Crippen LogP contribution in [0, 0.1) is 0 Å². The predicted molar refractivity (Wildman–Crippen MR) is 90.8 cm³/mol. The molecule has 1 atom stereocenters. The molecular weight excluding hydrogens is 373 g/mol. The fourth-order valence-electron chi connectivity index (χ4n) is 2.72. The SMILES string of the molecule is O=C(CCN1CCNCC1c1ccccc1Cl)NC(=O)NCC(F)(F)F. The van der Waals surface area contributed by atoms with Gasteiger partial charge in [0.25, 0.3) is 0 Å². The first-order valence-electron chi connectivity index (χ1n) is 8.10. The molecule has 3 N–H and O–H groups in total. The Hall–Kier alpha value is -1.84. The quantitative estimate of drug-likeness (QED) is 0.717. The van der Waals surface area contributed by atoms with E-state index in [0.29, 0.717) is 24.7 Å². The van der Waals surface area contributed by atoms with E-state index in [2.05, 4.69) is 10.2 Å². The average Bonchev–Trinajstić information content (AvgIpc) is 2.58. The Balaban J connectivity index is 1.85. The van der Waals surface area contributed by atoms with Gasteiger partial charge in [-0.15, -0.1) is 0 Å². The summed E-state index contributed by atoms with van der Waals surface area (Å²) in [4.78, 5) is 25.2. The molecule has 1 unspecified atom stereocenters. The zero-order valence-corrected chi connectivity index (χ0v) is 14.7. The number of nitrogens with one attached hydrogen (secondary N) is 3. The number of piperazine rings is 1. The first kappa shape index (κ1) is 20.5. The van der Waals surface area contributed by atoms with Gasteiger partial charge in [0.05, 0.1) is 0 Å². The highest BCUT2D eigenvalue weighted by Crippen LogP contribution is 2.28. The largest absolute Gasteiger partial charge is 0.405 e. The number of carbonyl (C=O) groups excluding carboxylic acids is 2. The molecule has 0 saturated carbocycles. The van der Waals surface area contributed by atoms with Crippen LogP contribution in [0.1, 0.15) is 18.0 Å². The van der Waals surface area contributed by atoms with Crippen LogP contribution in [0.4, 0.5) is 18.0 Å². The zero-order chi connectivity index (χ0) is 19.2. The number of urea groups is 1. The second-order valence-electron chi connectivity index (χ2n) is 5.87. The van der Waals surface area contributed by atoms with Crippen LogP contribution in [-0.4, -0.2) is 55.7 Å². The van der Waals surface area contributed by atoms with E-state index >= 15 is 0 Å². The summed E-state index contributed by atoms with van der Waals surface area (Å²) < 4.78 is 36.1. The number of carbonyl (C=O) groups is 2. The summed E-state index contributed by atoms with van der Waals surface area (Å²) in [6.07, 6.45) is -4.54. The topological polar surface area (TPSA) is 73.5 Å². The van der Waals surface area contributed by atoms with E-state index in [1.165, 1.54) is 0 Å². The third-order valence-corrected chi connectivity index (χ3v) is 4.29. The second-order valence-corrected chi connectivity index (χ2v) is 6.28. The summed E-state index contributed by atoms with van der Waals surface area (Å²) in [5.74, 6) is -0.638. The van der Waals surface area contributed by atoms with Crippen LogP contribution >= 0.6 is 11.6 Å². The van der Waals surface area contributed by atoms with Crippen molar-refractivity contribution in [2.45, 2.75) is 18.6 Å². The molecule has 0 radical (unpaired) electrons. The lowest BCUT2D eigenvalue weighted by molar-refractivity contribution is -0.124. The molecule has 1 aromatic carbocycles. The number of benzene rings is 1. The molecule has 6 nitrogen and oxygen atoms in total. The third-order valence-electron chi connectivity index (χ3n) is 3.95. The van der Waals surface area contributed by atoms with Gasteiger partial charge in [0.1, 0.15) is 6.54 Å². The minimum Gasteiger partial charge on any atom is -0.329 e. The van der Waals surface area contributed by atoms with E-state index in [-0.39, 0.29) is 12.5 Å². The number of alkyl halides is 3. The molecule has 0 bridgehead atoms. The van der Waals surface area contributed by atoms with Crippen molar-refractivity contribution >= 4 is 23.5 Å². The lowest BCUT2D eigenvalue weighted by Gasteiger charge is -2.36. The van der Waals surface area contributed by atoms with Gasteiger partial charge in [0, 0.05) is 43.7 Å². The molecule has 1 heterocycles. The van der Waals surface area contributed by atoms with E-state index in [9.17, 15) is 22.8 Å². The van der Waals surface area contributed by atoms with Crippen molar-refractivity contribution in [1.82, 2.24) is 20.9 Å². The summed E-state index contributed by atoms with van der Waals surface area (Å²) in [5, 5.41) is 7.39. The molecule has 0 spiro atoms. The van der Waals surface area contributed by atoms with Crippen LogP contribution in [-0.2, 0) is 4.79 Å². The Labute approximate surface area is 154 Å². The maximum Gasteiger partial charge on any atom is 0.405 e. The lowest BCUT2D eigenvalue weighted by Crippen LogP contribution is -2.48. The molecule has 1 aliphatic heterocycles. The molecular formula is C16H20ClF3N4O2. The lowest BCUT2D eigenvalue weighted by atomic mass is 10.0. The van der Waals surface area contributed by atoms with Gasteiger partial charge >= 0.3 is 12.2 Å². The second kappa shape index (κ2) is 9.20. The van der Waals surface area contributed by atoms with Crippen molar-refractivity contribution < 1.29 is 22.8 Å². The molecule has 1 fully saturated rings. The maximum atomic E-state index is 12.0. The van der Waals surface area contributed by atoms with Gasteiger partial charge in [-0.3, -0.25) is 15.0 Å². The summed E-state index contributed by atoms with van der Waals surface area (Å²) in [6.45, 7) is 0.962. The molecule has 3 amide bonds. The average molecular weight is 393 g/mol. The van der Waals surface area contributed by atoms with Gasteiger partial charge < -0.3 is 10.6 Å². The minimum atomic E-state index is -4.52. The predicted octanol–water partition coefficient (Wildman–Crippen LogP) is 2.06. The van der Waals surface area contributed by atoms with E-state index in [0.717, 1.165) is 12.1 Å². The van der Waals surface area contributed by atoms with Gasteiger partial charge in [-0.25, -0.2) is 4.79 Å². The molecule has 26 heavy (non-hydrogen) atoms. The Morgan fingerprint density at radius 2 is 2.04 bits per heavy atom. The fraction of sp³-hybridized carbons (Fsp3) is 0.500. The maximum absolute atomic E-state index is 12.0. The Morgan fingerprint density at radius 1 is 1.31 bits per heavy atom. The van der Waals surface area contributed by atoms with E-state index in [1.54, 1.807) is 11.4 Å². The number of amides is 3. The van der Waals surface area contributed by atoms with Crippen LogP contribution in [0.15, 0.2) is 24.3 Å². The first-order valence-corrected chi connectivity index (χ1v) is 8.47. The van der Waals surface area contributed by atoms with Gasteiger partial charge in [0.2, 0.25) is 5.91 Å². The summed E-state index contributed by atoms with van der Waals surface area (Å²) in [5.41, 5.74) is 0.935. The highest BCUT2D eigenvalue weighted by Gasteiger charge is 2.28. The van der Waals surface area contributed by atoms with Crippen molar-refractivity contribution in [3.63, 3.8) is 0 Å². The van der Waals surface area contributed by atoms with E-state index in [4.69, 9.17) is 11.6 Å². The van der Waals surface area contributed by atoms with E-state index in [1.807, 2.05) is 23.5 Å². The van der Waals surface area contributed by atoms with Crippen molar-refractivity contribution in [2.75, 3.05) is 32.7 Å². The first-order chi connectivity index (χ1) is 12.3. The van der Waals surface area contributed by atoms with Crippen LogP contribution in [0.3, 0.4) is 0 Å². The number of imide groups is 1. The summed E-state index contributed by atoms with van der Waals surface area (Å²) in [7, 11) is 0. The van der Waals surface area contributed by atoms with Crippen molar-refractivity contribution in [1.29, 1.82) is 0 Å². The van der Waals surface area contributed by atoms with E-state index < -0.39 is 24.7 Å². The Kier molecular flexibility index (Phi) is 7.24. The normalized spacial score (nSPS) is 18.4. The molecule has 10 heteroatoms. The smallest absolute Gasteiger partial charge is 0.329 e. The van der Waals surface area contributed by atoms with Gasteiger partial charge in [-0.05, 0) is 11.6 Å². The highest BCUT2D eigenvalue weighted by molar-refractivity contribution is 6.31. The number of hydrogen-bond donors (Lipinski definition) is 3. The summed E-state index contributed by atoms with van der Waals surface area (Å²) in [6, 6.07) is 6.24. The van der Waals surface area contributed by atoms with Crippen LogP contribution in [0.25, 0.3) is 0 Å². The van der Waals surface area contributed by atoms with Gasteiger partial charge in [-0.2, -0.15) is 13.2 Å². The molecule has 1 aromatic rings. The van der Waals surface area contributed by atoms with Crippen LogP contribution in [0.2, 0.25) is 5.02 Å². The minimum absolute atomic E-state index is 0.0135. The van der Waals surface area contributed by atoms with Crippen molar-refractivity contribution in [2.24, 2.45) is 0 Å². The summed E-state index contributed by atoms with van der Waals surface area (Å²) >= 11 is 6.25. The molecule has 2 rings (SSSR count). The Morgan fingerprint density at radius 3 is 2.73 bits per heavy atom. The molecule has 144 valence electrons. The van der Waals surface area contributed by atoms with Crippen molar-refractivity contribution in [3.05, 3.63) is 34.9 Å². The molecule has 1 saturated heterocycles. The van der Waals surface area contributed by atoms with Crippen molar-refractivity contribution in [3.8, 4) is 0 Å². The Bertz CT molecular complexity index is 642. The number of halogens is 4. The van der Waals surface area contributed by atoms with Crippen LogP contribution in [0.5, 0.6) is 0 Å². The van der Waals surface area contributed by atoms with Gasteiger partial charge in [-0.1, -0.05) is 29.8 Å². The van der Waals surface area contributed by atoms with Crippen LogP contribution < -0.4 is 16.0 Å².